The van der Waals surface area contributed by atoms with E-state index in [4.69, 9.17) is 15.2 Å². The SMILES string of the molecule is COc1cc(N)c(C2=NC(C)(C)CO2)cc1F. The highest BCUT2D eigenvalue weighted by atomic mass is 19.1. The van der Waals surface area contributed by atoms with E-state index in [1.165, 1.54) is 19.2 Å². The quantitative estimate of drug-likeness (QED) is 0.801. The molecular weight excluding hydrogens is 223 g/mol. The molecule has 0 fully saturated rings. The number of nitrogens with two attached hydrogens (primary N) is 1. The van der Waals surface area contributed by atoms with Crippen molar-refractivity contribution in [2.24, 2.45) is 4.99 Å². The van der Waals surface area contributed by atoms with Gasteiger partial charge in [-0.2, -0.15) is 0 Å². The molecule has 0 aliphatic carbocycles. The van der Waals surface area contributed by atoms with E-state index in [9.17, 15) is 4.39 Å². The second-order valence-electron chi connectivity index (χ2n) is 4.59. The van der Waals surface area contributed by atoms with Crippen molar-refractivity contribution in [3.8, 4) is 5.75 Å². The van der Waals surface area contributed by atoms with Crippen LogP contribution in [0, 0.1) is 5.82 Å². The van der Waals surface area contributed by atoms with Crippen LogP contribution >= 0.6 is 0 Å². The minimum Gasteiger partial charge on any atom is -0.494 e. The number of anilines is 1. The van der Waals surface area contributed by atoms with Gasteiger partial charge in [0.1, 0.15) is 6.61 Å². The normalized spacial score (nSPS) is 17.5. The molecule has 0 aromatic heterocycles. The molecule has 0 radical (unpaired) electrons. The summed E-state index contributed by atoms with van der Waals surface area (Å²) in [7, 11) is 1.39. The Morgan fingerprint density at radius 1 is 1.47 bits per heavy atom. The molecule has 2 rings (SSSR count). The van der Waals surface area contributed by atoms with E-state index < -0.39 is 5.82 Å². The van der Waals surface area contributed by atoms with Crippen molar-refractivity contribution in [1.82, 2.24) is 0 Å². The fourth-order valence-corrected chi connectivity index (χ4v) is 1.63. The summed E-state index contributed by atoms with van der Waals surface area (Å²) in [5, 5.41) is 0. The van der Waals surface area contributed by atoms with E-state index in [1.54, 1.807) is 0 Å². The molecule has 4 nitrogen and oxygen atoms in total. The van der Waals surface area contributed by atoms with Crippen LogP contribution in [0.15, 0.2) is 17.1 Å². The van der Waals surface area contributed by atoms with Gasteiger partial charge in [-0.05, 0) is 19.9 Å². The Morgan fingerprint density at radius 2 is 2.18 bits per heavy atom. The number of hydrogen-bond donors (Lipinski definition) is 1. The molecule has 0 saturated carbocycles. The number of methoxy groups -OCH3 is 1. The van der Waals surface area contributed by atoms with Crippen molar-refractivity contribution < 1.29 is 13.9 Å². The molecule has 17 heavy (non-hydrogen) atoms. The lowest BCUT2D eigenvalue weighted by Crippen LogP contribution is -2.17. The van der Waals surface area contributed by atoms with Crippen LogP contribution in [0.25, 0.3) is 0 Å². The summed E-state index contributed by atoms with van der Waals surface area (Å²) in [6.07, 6.45) is 0. The Labute approximate surface area is 99.2 Å². The molecule has 1 heterocycles. The van der Waals surface area contributed by atoms with Gasteiger partial charge in [0.25, 0.3) is 0 Å². The Kier molecular flexibility index (Phi) is 2.69. The zero-order valence-electron chi connectivity index (χ0n) is 10.1. The van der Waals surface area contributed by atoms with Crippen LogP contribution in [0.1, 0.15) is 19.4 Å². The molecule has 0 saturated heterocycles. The van der Waals surface area contributed by atoms with Gasteiger partial charge in [0.2, 0.25) is 5.90 Å². The second kappa shape index (κ2) is 3.91. The average Bonchev–Trinajstić information content (AvgIpc) is 2.61. The lowest BCUT2D eigenvalue weighted by Gasteiger charge is -2.08. The lowest BCUT2D eigenvalue weighted by molar-refractivity contribution is 0.279. The number of nitrogen functional groups attached to an aromatic ring is 1. The van der Waals surface area contributed by atoms with E-state index in [0.29, 0.717) is 23.8 Å². The number of benzene rings is 1. The summed E-state index contributed by atoms with van der Waals surface area (Å²) >= 11 is 0. The molecule has 2 N–H and O–H groups in total. The zero-order chi connectivity index (χ0) is 12.6. The van der Waals surface area contributed by atoms with Crippen LogP contribution in [0.4, 0.5) is 10.1 Å². The first-order chi connectivity index (χ1) is 7.93. The zero-order valence-corrected chi connectivity index (χ0v) is 10.1. The standard InChI is InChI=1S/C12H15FN2O2/c1-12(2)6-17-11(15-12)7-4-8(13)10(16-3)5-9(7)14/h4-5H,6,14H2,1-3H3. The predicted octanol–water partition coefficient (Wildman–Crippen LogP) is 1.97. The van der Waals surface area contributed by atoms with Gasteiger partial charge in [0.05, 0.1) is 18.2 Å². The Bertz CT molecular complexity index is 484. The number of ether oxygens (including phenoxy) is 2. The number of aliphatic imine (C=N–C) groups is 1. The predicted molar refractivity (Wildman–Crippen MR) is 63.9 cm³/mol. The Hall–Kier alpha value is -1.78. The molecule has 1 aliphatic rings. The molecule has 0 atom stereocenters. The number of hydrogen-bond acceptors (Lipinski definition) is 4. The van der Waals surface area contributed by atoms with E-state index in [0.717, 1.165) is 0 Å². The van der Waals surface area contributed by atoms with Crippen molar-refractivity contribution in [3.63, 3.8) is 0 Å². The van der Waals surface area contributed by atoms with Gasteiger partial charge in [-0.3, -0.25) is 0 Å². The maximum atomic E-state index is 13.6. The van der Waals surface area contributed by atoms with E-state index in [2.05, 4.69) is 4.99 Å². The topological polar surface area (TPSA) is 56.8 Å². The Morgan fingerprint density at radius 3 is 2.71 bits per heavy atom. The maximum absolute atomic E-state index is 13.6. The molecule has 0 unspecified atom stereocenters. The highest BCUT2D eigenvalue weighted by molar-refractivity contribution is 6.00. The largest absolute Gasteiger partial charge is 0.494 e. The van der Waals surface area contributed by atoms with Gasteiger partial charge in [0.15, 0.2) is 11.6 Å². The first kappa shape index (κ1) is 11.7. The first-order valence-corrected chi connectivity index (χ1v) is 5.29. The minimum atomic E-state index is -0.479. The molecule has 1 aromatic carbocycles. The number of rotatable bonds is 2. The highest BCUT2D eigenvalue weighted by Crippen LogP contribution is 2.28. The summed E-state index contributed by atoms with van der Waals surface area (Å²) in [6.45, 7) is 4.35. The average molecular weight is 238 g/mol. The second-order valence-corrected chi connectivity index (χ2v) is 4.59. The van der Waals surface area contributed by atoms with Gasteiger partial charge in [-0.25, -0.2) is 9.38 Å². The summed E-state index contributed by atoms with van der Waals surface area (Å²) in [5.74, 6) is 0.0193. The van der Waals surface area contributed by atoms with Crippen molar-refractivity contribution in [2.75, 3.05) is 19.5 Å². The van der Waals surface area contributed by atoms with Crippen LogP contribution in [0.2, 0.25) is 0 Å². The van der Waals surface area contributed by atoms with Gasteiger partial charge in [-0.1, -0.05) is 0 Å². The third-order valence-electron chi connectivity index (χ3n) is 2.52. The first-order valence-electron chi connectivity index (χ1n) is 5.29. The van der Waals surface area contributed by atoms with E-state index in [-0.39, 0.29) is 11.3 Å². The summed E-state index contributed by atoms with van der Waals surface area (Å²) in [5.41, 5.74) is 6.39. The number of halogens is 1. The van der Waals surface area contributed by atoms with Gasteiger partial charge < -0.3 is 15.2 Å². The van der Waals surface area contributed by atoms with E-state index in [1.807, 2.05) is 13.8 Å². The molecular formula is C12H15FN2O2. The van der Waals surface area contributed by atoms with Crippen molar-refractivity contribution in [2.45, 2.75) is 19.4 Å². The van der Waals surface area contributed by atoms with Crippen LogP contribution in [0.3, 0.4) is 0 Å². The summed E-state index contributed by atoms with van der Waals surface area (Å²) < 4.78 is 23.9. The van der Waals surface area contributed by atoms with Crippen LogP contribution in [-0.4, -0.2) is 25.2 Å². The molecule has 92 valence electrons. The Balaban J connectivity index is 2.44. The number of nitrogens with zero attached hydrogens (tertiary/aromatic N) is 1. The third kappa shape index (κ3) is 2.18. The summed E-state index contributed by atoms with van der Waals surface area (Å²) in [6, 6.07) is 2.72. The molecule has 0 amide bonds. The fraction of sp³-hybridized carbons (Fsp3) is 0.417. The minimum absolute atomic E-state index is 0.115. The van der Waals surface area contributed by atoms with Crippen LogP contribution in [0.5, 0.6) is 5.75 Å². The van der Waals surface area contributed by atoms with E-state index >= 15 is 0 Å². The molecule has 1 aliphatic heterocycles. The molecule has 1 aromatic rings. The molecule has 5 heteroatoms. The van der Waals surface area contributed by atoms with Crippen molar-refractivity contribution in [3.05, 3.63) is 23.5 Å². The molecule has 0 spiro atoms. The van der Waals surface area contributed by atoms with Crippen LogP contribution < -0.4 is 10.5 Å². The van der Waals surface area contributed by atoms with Crippen LogP contribution in [-0.2, 0) is 4.74 Å². The monoisotopic (exact) mass is 238 g/mol. The van der Waals surface area contributed by atoms with Gasteiger partial charge in [0, 0.05) is 11.8 Å². The fourth-order valence-electron chi connectivity index (χ4n) is 1.63. The van der Waals surface area contributed by atoms with Crippen molar-refractivity contribution >= 4 is 11.6 Å². The smallest absolute Gasteiger partial charge is 0.219 e. The molecule has 0 bridgehead atoms. The maximum Gasteiger partial charge on any atom is 0.219 e. The third-order valence-corrected chi connectivity index (χ3v) is 2.52. The van der Waals surface area contributed by atoms with Gasteiger partial charge in [-0.15, -0.1) is 0 Å². The summed E-state index contributed by atoms with van der Waals surface area (Å²) in [4.78, 5) is 4.36. The van der Waals surface area contributed by atoms with Crippen molar-refractivity contribution in [1.29, 1.82) is 0 Å². The lowest BCUT2D eigenvalue weighted by atomic mass is 10.1. The highest BCUT2D eigenvalue weighted by Gasteiger charge is 2.28. The van der Waals surface area contributed by atoms with Gasteiger partial charge >= 0.3 is 0 Å².